The van der Waals surface area contributed by atoms with Gasteiger partial charge in [0, 0.05) is 0 Å². The van der Waals surface area contributed by atoms with Crippen molar-refractivity contribution in [1.82, 2.24) is 18.4 Å². The van der Waals surface area contributed by atoms with Gasteiger partial charge in [0.25, 0.3) is 0 Å². The maximum atomic E-state index is 4.30. The van der Waals surface area contributed by atoms with Crippen molar-refractivity contribution < 1.29 is 0 Å². The van der Waals surface area contributed by atoms with E-state index in [4.69, 9.17) is 0 Å². The van der Waals surface area contributed by atoms with E-state index < -0.39 is 18.7 Å². The first-order valence-electron chi connectivity index (χ1n) is 7.52. The van der Waals surface area contributed by atoms with Gasteiger partial charge in [0.15, 0.2) is 0 Å². The standard InChI is InChI=1S/3C4H9.CHN4.Sn/c3*1-3-4-2;1-2-4-5-3-1;/h3*1,3-4H2,2H3;1H;/q;;;-1;+1. The van der Waals surface area contributed by atoms with Crippen LogP contribution in [0.3, 0.4) is 0 Å². The molecule has 0 atom stereocenters. The molecule has 5 heteroatoms. The Morgan fingerprint density at radius 3 is 1.72 bits per heavy atom. The van der Waals surface area contributed by atoms with E-state index in [2.05, 4.69) is 39.2 Å². The molecule has 4 nitrogen and oxygen atoms in total. The van der Waals surface area contributed by atoms with E-state index in [0.717, 1.165) is 0 Å². The molecular formula is C13H28N4Sn. The topological polar surface area (TPSA) is 43.6 Å². The fourth-order valence-corrected chi connectivity index (χ4v) is 16.9. The van der Waals surface area contributed by atoms with Crippen LogP contribution in [0.15, 0.2) is 6.33 Å². The van der Waals surface area contributed by atoms with Gasteiger partial charge in [-0.15, -0.1) is 0 Å². The first kappa shape index (κ1) is 15.9. The average Bonchev–Trinajstić information content (AvgIpc) is 2.93. The van der Waals surface area contributed by atoms with E-state index in [-0.39, 0.29) is 0 Å². The van der Waals surface area contributed by atoms with Crippen LogP contribution < -0.4 is 0 Å². The number of aromatic nitrogens is 4. The molecule has 18 heavy (non-hydrogen) atoms. The summed E-state index contributed by atoms with van der Waals surface area (Å²) in [6.07, 6.45) is 9.82. The number of tetrazole rings is 1. The molecule has 0 bridgehead atoms. The number of unbranched alkanes of at least 4 members (excludes halogenated alkanes) is 3. The normalized spacial score (nSPS) is 11.9. The first-order valence-corrected chi connectivity index (χ1v) is 14.9. The zero-order chi connectivity index (χ0) is 13.3. The maximum absolute atomic E-state index is 4.30. The Morgan fingerprint density at radius 1 is 0.889 bits per heavy atom. The molecular weight excluding hydrogens is 331 g/mol. The molecule has 0 aliphatic heterocycles. The van der Waals surface area contributed by atoms with Gasteiger partial charge in [0.2, 0.25) is 0 Å². The van der Waals surface area contributed by atoms with Crippen LogP contribution >= 0.6 is 0 Å². The van der Waals surface area contributed by atoms with Crippen molar-refractivity contribution in [3.05, 3.63) is 6.33 Å². The van der Waals surface area contributed by atoms with E-state index in [0.29, 0.717) is 0 Å². The third-order valence-corrected chi connectivity index (χ3v) is 18.2. The molecule has 1 aromatic rings. The number of nitrogens with zero attached hydrogens (tertiary/aromatic N) is 4. The fourth-order valence-electron chi connectivity index (χ4n) is 2.61. The summed E-state index contributed by atoms with van der Waals surface area (Å²) < 4.78 is 6.48. The minimum atomic E-state index is -2.35. The molecule has 0 radical (unpaired) electrons. The Kier molecular flexibility index (Phi) is 7.86. The second-order valence-electron chi connectivity index (χ2n) is 5.29. The molecule has 104 valence electrons. The quantitative estimate of drug-likeness (QED) is 0.596. The van der Waals surface area contributed by atoms with Crippen LogP contribution in [0, 0.1) is 0 Å². The van der Waals surface area contributed by atoms with Crippen molar-refractivity contribution in [2.45, 2.75) is 72.6 Å². The molecule has 0 aliphatic carbocycles. The molecule has 1 heterocycles. The molecule has 0 fully saturated rings. The fraction of sp³-hybridized carbons (Fsp3) is 0.923. The van der Waals surface area contributed by atoms with Gasteiger partial charge in [-0.3, -0.25) is 0 Å². The molecule has 0 amide bonds. The Morgan fingerprint density at radius 2 is 1.39 bits per heavy atom. The third-order valence-electron chi connectivity index (χ3n) is 3.82. The summed E-state index contributed by atoms with van der Waals surface area (Å²) in [5.41, 5.74) is 0. The summed E-state index contributed by atoms with van der Waals surface area (Å²) in [5.74, 6) is 0. The summed E-state index contributed by atoms with van der Waals surface area (Å²) in [7, 11) is 0. The van der Waals surface area contributed by atoms with Crippen molar-refractivity contribution >= 4 is 18.7 Å². The molecule has 0 unspecified atom stereocenters. The van der Waals surface area contributed by atoms with Crippen LogP contribution in [0.4, 0.5) is 0 Å². The number of hydrogen-bond acceptors (Lipinski definition) is 3. The van der Waals surface area contributed by atoms with Crippen LogP contribution in [0.1, 0.15) is 59.3 Å². The van der Waals surface area contributed by atoms with E-state index in [1.807, 2.05) is 6.33 Å². The van der Waals surface area contributed by atoms with E-state index in [1.54, 1.807) is 0 Å². The van der Waals surface area contributed by atoms with Gasteiger partial charge < -0.3 is 0 Å². The van der Waals surface area contributed by atoms with Crippen LogP contribution in [-0.4, -0.2) is 37.1 Å². The van der Waals surface area contributed by atoms with Crippen molar-refractivity contribution in [2.24, 2.45) is 0 Å². The molecule has 0 spiro atoms. The first-order chi connectivity index (χ1) is 8.79. The Labute approximate surface area is 116 Å². The molecule has 0 aromatic carbocycles. The van der Waals surface area contributed by atoms with Crippen LogP contribution in [0.5, 0.6) is 0 Å². The molecule has 1 rings (SSSR count). The Balaban J connectivity index is 2.84. The van der Waals surface area contributed by atoms with Crippen LogP contribution in [0.25, 0.3) is 0 Å². The van der Waals surface area contributed by atoms with E-state index in [9.17, 15) is 0 Å². The van der Waals surface area contributed by atoms with E-state index >= 15 is 0 Å². The van der Waals surface area contributed by atoms with Gasteiger partial charge in [-0.05, 0) is 0 Å². The van der Waals surface area contributed by atoms with Gasteiger partial charge >= 0.3 is 116 Å². The third kappa shape index (κ3) is 4.52. The van der Waals surface area contributed by atoms with Crippen molar-refractivity contribution in [3.63, 3.8) is 0 Å². The minimum absolute atomic E-state index is 1.29. The summed E-state index contributed by atoms with van der Waals surface area (Å²) in [4.78, 5) is 0. The summed E-state index contributed by atoms with van der Waals surface area (Å²) in [6.45, 7) is 6.86. The average molecular weight is 359 g/mol. The van der Waals surface area contributed by atoms with E-state index in [1.165, 1.54) is 51.8 Å². The molecule has 0 saturated carbocycles. The second kappa shape index (κ2) is 8.88. The monoisotopic (exact) mass is 360 g/mol. The molecule has 0 aliphatic rings. The van der Waals surface area contributed by atoms with Crippen LogP contribution in [-0.2, 0) is 0 Å². The molecule has 0 N–H and O–H groups in total. The summed E-state index contributed by atoms with van der Waals surface area (Å²) in [6, 6.07) is 0. The van der Waals surface area contributed by atoms with Gasteiger partial charge in [-0.25, -0.2) is 0 Å². The summed E-state index contributed by atoms with van der Waals surface area (Å²) >= 11 is -2.35. The zero-order valence-corrected chi connectivity index (χ0v) is 15.1. The SMILES string of the molecule is CCC[CH2][Sn]([CH2]CCC)([CH2]CCC)[n]1cnnn1. The summed E-state index contributed by atoms with van der Waals surface area (Å²) in [5, 5.41) is 12.1. The van der Waals surface area contributed by atoms with Crippen molar-refractivity contribution in [2.75, 3.05) is 0 Å². The van der Waals surface area contributed by atoms with Gasteiger partial charge in [-0.2, -0.15) is 0 Å². The van der Waals surface area contributed by atoms with Crippen molar-refractivity contribution in [3.8, 4) is 0 Å². The predicted molar refractivity (Wildman–Crippen MR) is 78.1 cm³/mol. The number of rotatable bonds is 10. The predicted octanol–water partition coefficient (Wildman–Crippen LogP) is 3.87. The molecule has 0 saturated heterocycles. The van der Waals surface area contributed by atoms with Gasteiger partial charge in [0.05, 0.1) is 0 Å². The van der Waals surface area contributed by atoms with Gasteiger partial charge in [0.1, 0.15) is 0 Å². The molecule has 1 aromatic heterocycles. The van der Waals surface area contributed by atoms with Crippen LogP contribution in [0.2, 0.25) is 13.3 Å². The Hall–Kier alpha value is -0.131. The zero-order valence-electron chi connectivity index (χ0n) is 12.2. The van der Waals surface area contributed by atoms with Crippen molar-refractivity contribution in [1.29, 1.82) is 0 Å². The van der Waals surface area contributed by atoms with Gasteiger partial charge in [-0.1, -0.05) is 0 Å². The Bertz CT molecular complexity index is 278. The number of hydrogen-bond donors (Lipinski definition) is 0. The second-order valence-corrected chi connectivity index (χ2v) is 17.9.